The number of esters is 1. The number of nitrogens with one attached hydrogen (secondary N) is 2. The van der Waals surface area contributed by atoms with E-state index in [4.69, 9.17) is 10.1 Å². The molecular weight excluding hydrogens is 512 g/mol. The summed E-state index contributed by atoms with van der Waals surface area (Å²) in [5.74, 6) is -0.188. The molecule has 1 amide bonds. The Morgan fingerprint density at radius 1 is 1.08 bits per heavy atom. The van der Waals surface area contributed by atoms with E-state index < -0.39 is 15.8 Å². The number of amides is 1. The Hall–Kier alpha value is -4.39. The van der Waals surface area contributed by atoms with Gasteiger partial charge >= 0.3 is 5.97 Å². The smallest absolute Gasteiger partial charge is 0.356 e. The number of pyridine rings is 1. The van der Waals surface area contributed by atoms with Gasteiger partial charge in [0.2, 0.25) is 5.88 Å². The van der Waals surface area contributed by atoms with Gasteiger partial charge in [0.05, 0.1) is 23.1 Å². The summed E-state index contributed by atoms with van der Waals surface area (Å²) in [4.78, 5) is 38.7. The molecule has 0 saturated carbocycles. The van der Waals surface area contributed by atoms with Gasteiger partial charge in [-0.2, -0.15) is 0 Å². The average molecular weight is 539 g/mol. The molecule has 0 spiro atoms. The summed E-state index contributed by atoms with van der Waals surface area (Å²) in [7, 11) is -2.05. The third-order valence-corrected chi connectivity index (χ3v) is 7.08. The fourth-order valence-electron chi connectivity index (χ4n) is 3.89. The van der Waals surface area contributed by atoms with E-state index in [9.17, 15) is 18.0 Å². The molecule has 1 aliphatic heterocycles. The zero-order valence-corrected chi connectivity index (χ0v) is 21.6. The van der Waals surface area contributed by atoms with Crippen LogP contribution in [0.4, 0.5) is 11.5 Å². The molecule has 12 nitrogen and oxygen atoms in total. The van der Waals surface area contributed by atoms with E-state index in [0.717, 1.165) is 12.5 Å². The topological polar surface area (TPSA) is 165 Å². The number of carbonyl (C=O) groups excluding carboxylic acids is 2. The molecule has 0 bridgehead atoms. The maximum absolute atomic E-state index is 12.8. The Labute approximate surface area is 219 Å². The summed E-state index contributed by atoms with van der Waals surface area (Å²) in [5, 5.41) is 10.9. The lowest BCUT2D eigenvalue weighted by Crippen LogP contribution is -2.42. The molecule has 0 atom stereocenters. The van der Waals surface area contributed by atoms with E-state index in [-0.39, 0.29) is 28.5 Å². The van der Waals surface area contributed by atoms with Crippen molar-refractivity contribution in [3.63, 3.8) is 0 Å². The Morgan fingerprint density at radius 3 is 2.37 bits per heavy atom. The zero-order valence-electron chi connectivity index (χ0n) is 20.7. The number of aromatic nitrogens is 3. The highest BCUT2D eigenvalue weighted by molar-refractivity contribution is 7.90. The molecule has 1 aliphatic rings. The van der Waals surface area contributed by atoms with E-state index >= 15 is 0 Å². The number of anilines is 2. The summed E-state index contributed by atoms with van der Waals surface area (Å²) in [5.41, 5.74) is 1.43. The van der Waals surface area contributed by atoms with Crippen molar-refractivity contribution in [1.29, 1.82) is 5.41 Å². The standard InChI is InChI=1S/C25H26N6O6S/c1-36-25(33)21-8-3-16(14-27-21)24(32)31-11-9-18(10-12-31)37-23-20(13-26)22(28-15-29-23)30-17-4-6-19(7-5-17)38(2,34)35/h3-8,13-15,18,26H,9-12H2,1-2H3,(H,28,29,30). The van der Waals surface area contributed by atoms with Gasteiger partial charge in [0.25, 0.3) is 5.91 Å². The van der Waals surface area contributed by atoms with Gasteiger partial charge in [0.15, 0.2) is 9.84 Å². The number of benzene rings is 1. The van der Waals surface area contributed by atoms with Gasteiger partial charge in [0, 0.05) is 50.3 Å². The lowest BCUT2D eigenvalue weighted by molar-refractivity contribution is 0.0575. The molecule has 198 valence electrons. The first-order valence-electron chi connectivity index (χ1n) is 11.6. The molecule has 0 radical (unpaired) electrons. The number of hydrogen-bond donors (Lipinski definition) is 2. The van der Waals surface area contributed by atoms with Crippen LogP contribution in [0.2, 0.25) is 0 Å². The second kappa shape index (κ2) is 11.3. The van der Waals surface area contributed by atoms with Crippen LogP contribution in [0.25, 0.3) is 0 Å². The second-order valence-electron chi connectivity index (χ2n) is 8.54. The van der Waals surface area contributed by atoms with Gasteiger partial charge in [-0.1, -0.05) is 0 Å². The van der Waals surface area contributed by atoms with Crippen LogP contribution in [0, 0.1) is 5.41 Å². The van der Waals surface area contributed by atoms with E-state index in [1.165, 1.54) is 37.8 Å². The van der Waals surface area contributed by atoms with Gasteiger partial charge in [-0.05, 0) is 36.4 Å². The average Bonchev–Trinajstić information content (AvgIpc) is 2.93. The molecule has 38 heavy (non-hydrogen) atoms. The Kier molecular flexibility index (Phi) is 7.96. The minimum atomic E-state index is -3.31. The minimum absolute atomic E-state index is 0.128. The highest BCUT2D eigenvalue weighted by Gasteiger charge is 2.26. The molecule has 4 rings (SSSR count). The van der Waals surface area contributed by atoms with Crippen molar-refractivity contribution in [3.8, 4) is 5.88 Å². The predicted octanol–water partition coefficient (Wildman–Crippen LogP) is 2.49. The van der Waals surface area contributed by atoms with Crippen molar-refractivity contribution in [2.24, 2.45) is 0 Å². The van der Waals surface area contributed by atoms with Crippen LogP contribution >= 0.6 is 0 Å². The molecule has 2 N–H and O–H groups in total. The van der Waals surface area contributed by atoms with Gasteiger partial charge in [0.1, 0.15) is 23.9 Å². The normalized spacial score (nSPS) is 14.0. The number of likely N-dealkylation sites (tertiary alicyclic amines) is 1. The van der Waals surface area contributed by atoms with Gasteiger partial charge in [-0.25, -0.2) is 28.2 Å². The van der Waals surface area contributed by atoms with Crippen molar-refractivity contribution in [1.82, 2.24) is 19.9 Å². The molecule has 2 aromatic heterocycles. The third kappa shape index (κ3) is 6.11. The molecular formula is C25H26N6O6S. The monoisotopic (exact) mass is 538 g/mol. The first kappa shape index (κ1) is 26.7. The third-order valence-electron chi connectivity index (χ3n) is 5.95. The first-order chi connectivity index (χ1) is 18.2. The zero-order chi connectivity index (χ0) is 27.3. The fraction of sp³-hybridized carbons (Fsp3) is 0.280. The van der Waals surface area contributed by atoms with Gasteiger partial charge in [-0.15, -0.1) is 0 Å². The number of carbonyl (C=O) groups is 2. The van der Waals surface area contributed by atoms with Gasteiger partial charge in [-0.3, -0.25) is 4.79 Å². The molecule has 1 saturated heterocycles. The van der Waals surface area contributed by atoms with Crippen LogP contribution in [0.5, 0.6) is 5.88 Å². The molecule has 13 heteroatoms. The molecule has 0 aliphatic carbocycles. The van der Waals surface area contributed by atoms with Crippen LogP contribution in [0.3, 0.4) is 0 Å². The molecule has 1 aromatic carbocycles. The summed E-state index contributed by atoms with van der Waals surface area (Å²) < 4.78 is 34.1. The molecule has 3 aromatic rings. The van der Waals surface area contributed by atoms with Crippen molar-refractivity contribution >= 4 is 39.4 Å². The molecule has 0 unspecified atom stereocenters. The summed E-state index contributed by atoms with van der Waals surface area (Å²) in [6, 6.07) is 9.19. The SMILES string of the molecule is COC(=O)c1ccc(C(=O)N2CCC(Oc3ncnc(Nc4ccc(S(C)(=O)=O)cc4)c3C=N)CC2)cn1. The quantitative estimate of drug-likeness (QED) is 0.321. The van der Waals surface area contributed by atoms with Crippen molar-refractivity contribution in [3.05, 3.63) is 65.7 Å². The van der Waals surface area contributed by atoms with Crippen LogP contribution in [-0.2, 0) is 14.6 Å². The lowest BCUT2D eigenvalue weighted by Gasteiger charge is -2.32. The minimum Gasteiger partial charge on any atom is -0.474 e. The van der Waals surface area contributed by atoms with Crippen molar-refractivity contribution in [2.45, 2.75) is 23.8 Å². The number of nitrogens with zero attached hydrogens (tertiary/aromatic N) is 4. The van der Waals surface area contributed by atoms with E-state index in [1.807, 2.05) is 0 Å². The number of rotatable bonds is 8. The van der Waals surface area contributed by atoms with Crippen molar-refractivity contribution < 1.29 is 27.5 Å². The highest BCUT2D eigenvalue weighted by atomic mass is 32.2. The summed E-state index contributed by atoms with van der Waals surface area (Å²) in [6.07, 6.45) is 5.78. The van der Waals surface area contributed by atoms with Crippen LogP contribution < -0.4 is 10.1 Å². The first-order valence-corrected chi connectivity index (χ1v) is 13.5. The molecule has 3 heterocycles. The van der Waals surface area contributed by atoms with E-state index in [0.29, 0.717) is 48.6 Å². The number of sulfone groups is 1. The van der Waals surface area contributed by atoms with Crippen LogP contribution in [0.1, 0.15) is 39.3 Å². The number of piperidine rings is 1. The van der Waals surface area contributed by atoms with Crippen LogP contribution in [-0.4, -0.2) is 78.9 Å². The maximum atomic E-state index is 12.8. The summed E-state index contributed by atoms with van der Waals surface area (Å²) >= 11 is 0. The second-order valence-corrected chi connectivity index (χ2v) is 10.6. The maximum Gasteiger partial charge on any atom is 0.356 e. The fourth-order valence-corrected chi connectivity index (χ4v) is 4.52. The Bertz CT molecular complexity index is 1440. The number of methoxy groups -OCH3 is 1. The lowest BCUT2D eigenvalue weighted by atomic mass is 10.1. The van der Waals surface area contributed by atoms with Crippen molar-refractivity contribution in [2.75, 3.05) is 31.8 Å². The predicted molar refractivity (Wildman–Crippen MR) is 138 cm³/mol. The Balaban J connectivity index is 1.39. The number of hydrogen-bond acceptors (Lipinski definition) is 11. The summed E-state index contributed by atoms with van der Waals surface area (Å²) in [6.45, 7) is 0.899. The van der Waals surface area contributed by atoms with Gasteiger partial charge < -0.3 is 25.1 Å². The Morgan fingerprint density at radius 2 is 1.79 bits per heavy atom. The van der Waals surface area contributed by atoms with E-state index in [2.05, 4.69) is 25.0 Å². The van der Waals surface area contributed by atoms with Crippen LogP contribution in [0.15, 0.2) is 53.8 Å². The highest BCUT2D eigenvalue weighted by Crippen LogP contribution is 2.27. The number of ether oxygens (including phenoxy) is 2. The van der Waals surface area contributed by atoms with E-state index in [1.54, 1.807) is 23.1 Å². The largest absolute Gasteiger partial charge is 0.474 e. The molecule has 1 fully saturated rings.